The molecule has 9 nitrogen and oxygen atoms in total. The van der Waals surface area contributed by atoms with E-state index in [1.54, 1.807) is 30.3 Å². The molecule has 0 unspecified atom stereocenters. The van der Waals surface area contributed by atoms with Crippen LogP contribution < -0.4 is 9.47 Å². The number of carbonyl (C=O) groups excluding carboxylic acids is 3. The fraction of sp³-hybridized carbons (Fsp3) is 0.591. The van der Waals surface area contributed by atoms with Crippen molar-refractivity contribution in [1.29, 1.82) is 0 Å². The second-order valence-corrected chi connectivity index (χ2v) is 13.7. The molecule has 0 fully saturated rings. The average molecular weight is 737 g/mol. The van der Waals surface area contributed by atoms with Crippen LogP contribution >= 0.6 is 0 Å². The summed E-state index contributed by atoms with van der Waals surface area (Å²) < 4.78 is 21.7. The lowest BCUT2D eigenvalue weighted by atomic mass is 10.1. The van der Waals surface area contributed by atoms with Crippen molar-refractivity contribution in [3.05, 3.63) is 65.2 Å². The molecule has 0 amide bonds. The Hall–Kier alpha value is -4.14. The summed E-state index contributed by atoms with van der Waals surface area (Å²) in [4.78, 5) is 50.3. The molecule has 294 valence electrons. The van der Waals surface area contributed by atoms with E-state index in [1.807, 2.05) is 0 Å². The van der Waals surface area contributed by atoms with Gasteiger partial charge in [-0.1, -0.05) is 154 Å². The number of methoxy groups -OCH3 is 1. The smallest absolute Gasteiger partial charge is 0.343 e. The summed E-state index contributed by atoms with van der Waals surface area (Å²) in [6, 6.07) is 10.4. The van der Waals surface area contributed by atoms with E-state index in [1.165, 1.54) is 121 Å². The van der Waals surface area contributed by atoms with E-state index in [-0.39, 0.29) is 35.8 Å². The van der Waals surface area contributed by atoms with Crippen molar-refractivity contribution < 1.29 is 43.2 Å². The predicted octanol–water partition coefficient (Wildman–Crippen LogP) is 11.2. The van der Waals surface area contributed by atoms with E-state index in [4.69, 9.17) is 18.9 Å². The molecule has 0 aliphatic heterocycles. The summed E-state index contributed by atoms with van der Waals surface area (Å²) in [5, 5.41) is 9.21. The van der Waals surface area contributed by atoms with Crippen molar-refractivity contribution in [2.75, 3.05) is 20.3 Å². The topological polar surface area (TPSA) is 125 Å². The summed E-state index contributed by atoms with van der Waals surface area (Å²) in [7, 11) is 1.36. The lowest BCUT2D eigenvalue weighted by Gasteiger charge is -2.13. The maximum absolute atomic E-state index is 13.1. The highest BCUT2D eigenvalue weighted by Crippen LogP contribution is 2.29. The molecule has 9 heteroatoms. The van der Waals surface area contributed by atoms with Gasteiger partial charge in [-0.25, -0.2) is 9.59 Å². The molecule has 0 heterocycles. The van der Waals surface area contributed by atoms with Crippen LogP contribution in [0.5, 0.6) is 11.5 Å². The number of benzene rings is 2. The molecule has 0 radical (unpaired) electrons. The normalized spacial score (nSPS) is 11.2. The average Bonchev–Trinajstić information content (AvgIpc) is 3.16. The van der Waals surface area contributed by atoms with Crippen molar-refractivity contribution in [3.8, 4) is 11.5 Å². The van der Waals surface area contributed by atoms with Gasteiger partial charge in [0.25, 0.3) is 0 Å². The Balaban J connectivity index is 1.92. The Morgan fingerprint density at radius 1 is 0.585 bits per heavy atom. The second-order valence-electron chi connectivity index (χ2n) is 13.7. The monoisotopic (exact) mass is 736 g/mol. The number of rotatable bonds is 30. The minimum Gasteiger partial charge on any atom is -0.493 e. The van der Waals surface area contributed by atoms with Gasteiger partial charge in [0.2, 0.25) is 0 Å². The van der Waals surface area contributed by atoms with Gasteiger partial charge in [0.1, 0.15) is 0 Å². The Kier molecular flexibility index (Phi) is 24.1. The van der Waals surface area contributed by atoms with Crippen LogP contribution in [0, 0.1) is 5.92 Å². The summed E-state index contributed by atoms with van der Waals surface area (Å²) in [5.41, 5.74) is 0.899. The van der Waals surface area contributed by atoms with Gasteiger partial charge in [0.15, 0.2) is 17.4 Å². The Morgan fingerprint density at radius 3 is 1.45 bits per heavy atom. The third-order valence-corrected chi connectivity index (χ3v) is 9.23. The van der Waals surface area contributed by atoms with Gasteiger partial charge >= 0.3 is 23.9 Å². The number of unbranched alkanes of at least 4 members (excludes halogenated alkanes) is 18. The highest BCUT2D eigenvalue weighted by molar-refractivity contribution is 5.98. The molecule has 0 aromatic heterocycles. The maximum Gasteiger partial charge on any atom is 0.343 e. The molecule has 2 rings (SSSR count). The Morgan fingerprint density at radius 2 is 1.02 bits per heavy atom. The number of hydrogen-bond acceptors (Lipinski definition) is 8. The minimum atomic E-state index is -1.20. The number of carboxylic acids is 1. The molecular formula is C44H64O9. The quantitative estimate of drug-likeness (QED) is 0.0361. The summed E-state index contributed by atoms with van der Waals surface area (Å²) >= 11 is 0. The molecule has 2 aromatic rings. The van der Waals surface area contributed by atoms with Crippen LogP contribution in [0.4, 0.5) is 0 Å². The molecule has 0 aliphatic carbocycles. The molecule has 1 N–H and O–H groups in total. The van der Waals surface area contributed by atoms with Crippen LogP contribution in [0.1, 0.15) is 169 Å². The van der Waals surface area contributed by atoms with Crippen LogP contribution in [0.2, 0.25) is 0 Å². The largest absolute Gasteiger partial charge is 0.493 e. The van der Waals surface area contributed by atoms with Crippen molar-refractivity contribution in [2.24, 2.45) is 5.92 Å². The van der Waals surface area contributed by atoms with E-state index in [0.29, 0.717) is 5.56 Å². The van der Waals surface area contributed by atoms with E-state index in [9.17, 15) is 24.3 Å². The van der Waals surface area contributed by atoms with Crippen molar-refractivity contribution in [3.63, 3.8) is 0 Å². The van der Waals surface area contributed by atoms with Crippen LogP contribution in [-0.2, 0) is 19.1 Å². The van der Waals surface area contributed by atoms with Gasteiger partial charge in [-0.3, -0.25) is 9.59 Å². The first-order valence-corrected chi connectivity index (χ1v) is 20.1. The first kappa shape index (κ1) is 45.0. The summed E-state index contributed by atoms with van der Waals surface area (Å²) in [5.74, 6) is -4.05. The third kappa shape index (κ3) is 19.5. The highest BCUT2D eigenvalue weighted by Gasteiger charge is 2.27. The Labute approximate surface area is 317 Å². The van der Waals surface area contributed by atoms with Crippen LogP contribution in [-0.4, -0.2) is 49.3 Å². The zero-order valence-electron chi connectivity index (χ0n) is 32.5. The maximum atomic E-state index is 13.1. The number of hydrogen-bond donors (Lipinski definition) is 1. The number of aromatic carboxylic acids is 1. The van der Waals surface area contributed by atoms with Gasteiger partial charge in [-0.15, -0.1) is 0 Å². The lowest BCUT2D eigenvalue weighted by molar-refractivity contribution is -0.159. The van der Waals surface area contributed by atoms with E-state index >= 15 is 0 Å². The van der Waals surface area contributed by atoms with Gasteiger partial charge in [0.05, 0.1) is 31.5 Å². The van der Waals surface area contributed by atoms with Crippen LogP contribution in [0.15, 0.2) is 48.5 Å². The van der Waals surface area contributed by atoms with E-state index in [2.05, 4.69) is 13.8 Å². The van der Waals surface area contributed by atoms with Crippen LogP contribution in [0.25, 0.3) is 6.08 Å². The van der Waals surface area contributed by atoms with E-state index in [0.717, 1.165) is 38.5 Å². The molecule has 2 aromatic carbocycles. The van der Waals surface area contributed by atoms with Gasteiger partial charge in [-0.05, 0) is 48.7 Å². The fourth-order valence-corrected chi connectivity index (χ4v) is 5.94. The van der Waals surface area contributed by atoms with Crippen molar-refractivity contribution in [2.45, 2.75) is 142 Å². The first-order valence-electron chi connectivity index (χ1n) is 20.1. The zero-order valence-corrected chi connectivity index (χ0v) is 32.5. The lowest BCUT2D eigenvalue weighted by Crippen LogP contribution is -2.27. The third-order valence-electron chi connectivity index (χ3n) is 9.23. The van der Waals surface area contributed by atoms with Crippen molar-refractivity contribution in [1.82, 2.24) is 0 Å². The molecule has 0 saturated heterocycles. The van der Waals surface area contributed by atoms with Crippen molar-refractivity contribution >= 4 is 30.0 Å². The number of esters is 3. The van der Waals surface area contributed by atoms with Gasteiger partial charge in [-0.2, -0.15) is 0 Å². The van der Waals surface area contributed by atoms with Gasteiger partial charge < -0.3 is 24.1 Å². The molecule has 0 spiro atoms. The summed E-state index contributed by atoms with van der Waals surface area (Å²) in [6.45, 7) is 4.96. The number of carboxylic acid groups (broad SMARTS) is 1. The van der Waals surface area contributed by atoms with Crippen LogP contribution in [0.3, 0.4) is 0 Å². The second kappa shape index (κ2) is 28.4. The molecule has 0 aliphatic rings. The SMILES string of the molecule is CCCCCCCCCCCCOC(=O)C(C=Cc1ccc(C(=O)Oc2ccc(C(=O)O)cc2OC)cc1)C(=O)OCCCCCCCCCCCC. The standard InChI is InChI=1S/C44H64O9/c1-4-6-8-10-12-14-16-18-20-22-32-51-43(48)38(44(49)52-33-23-21-19-17-15-13-11-9-7-5-2)30-26-35-24-27-36(28-25-35)42(47)53-39-31-29-37(41(45)46)34-40(39)50-3/h24-31,34,38H,4-23,32-33H2,1-3H3,(H,45,46). The molecule has 53 heavy (non-hydrogen) atoms. The number of carbonyl (C=O) groups is 4. The minimum absolute atomic E-state index is 0.00135. The molecule has 0 saturated carbocycles. The Bertz CT molecular complexity index is 1330. The molecule has 0 atom stereocenters. The van der Waals surface area contributed by atoms with Gasteiger partial charge in [0, 0.05) is 0 Å². The highest BCUT2D eigenvalue weighted by atomic mass is 16.6. The van der Waals surface area contributed by atoms with E-state index < -0.39 is 29.8 Å². The number of ether oxygens (including phenoxy) is 4. The zero-order chi connectivity index (χ0) is 38.5. The molecule has 0 bridgehead atoms. The molecular weight excluding hydrogens is 672 g/mol. The predicted molar refractivity (Wildman–Crippen MR) is 209 cm³/mol. The summed E-state index contributed by atoms with van der Waals surface area (Å²) in [6.07, 6.45) is 26.5. The first-order chi connectivity index (χ1) is 25.8. The fourth-order valence-electron chi connectivity index (χ4n) is 5.94.